The van der Waals surface area contributed by atoms with Crippen LogP contribution in [0, 0.1) is 0 Å². The van der Waals surface area contributed by atoms with Gasteiger partial charge < -0.3 is 0 Å². The molecule has 0 aliphatic carbocycles. The molecular weight excluding hydrogens is 490 g/mol. The van der Waals surface area contributed by atoms with Gasteiger partial charge in [-0.3, -0.25) is 9.67 Å². The summed E-state index contributed by atoms with van der Waals surface area (Å²) in [6.45, 7) is 1.36. The lowest BCUT2D eigenvalue weighted by molar-refractivity contribution is -0.142. The van der Waals surface area contributed by atoms with Crippen LogP contribution in [0.25, 0.3) is 28.3 Å². The fourth-order valence-electron chi connectivity index (χ4n) is 3.20. The molecule has 4 aromatic heterocycles. The first kappa shape index (κ1) is 23.7. The molecule has 15 heteroatoms. The average Bonchev–Trinajstić information content (AvgIpc) is 3.36. The van der Waals surface area contributed by atoms with Gasteiger partial charge in [-0.15, -0.1) is 0 Å². The predicted octanol–water partition coefficient (Wildman–Crippen LogP) is 4.02. The Morgan fingerprint density at radius 2 is 1.62 bits per heavy atom. The van der Waals surface area contributed by atoms with E-state index in [0.717, 1.165) is 27.5 Å². The zero-order valence-corrected chi connectivity index (χ0v) is 18.2. The molecule has 0 N–H and O–H groups in total. The number of rotatable bonds is 4. The second kappa shape index (κ2) is 7.78. The molecule has 0 amide bonds. The summed E-state index contributed by atoms with van der Waals surface area (Å²) in [6.07, 6.45) is -7.10. The lowest BCUT2D eigenvalue weighted by Gasteiger charge is -2.11. The van der Waals surface area contributed by atoms with Crippen molar-refractivity contribution >= 4 is 15.5 Å². The summed E-state index contributed by atoms with van der Waals surface area (Å²) in [6, 6.07) is 3.83. The van der Waals surface area contributed by atoms with Gasteiger partial charge in [-0.25, -0.2) is 17.9 Å². The number of halogens is 6. The summed E-state index contributed by atoms with van der Waals surface area (Å²) in [5.41, 5.74) is -2.75. The minimum atomic E-state index is -4.71. The molecule has 0 fully saturated rings. The first-order valence-electron chi connectivity index (χ1n) is 9.49. The molecule has 0 aliphatic heterocycles. The van der Waals surface area contributed by atoms with Crippen molar-refractivity contribution in [2.24, 2.45) is 7.05 Å². The zero-order valence-electron chi connectivity index (χ0n) is 17.3. The number of sulfone groups is 1. The molecule has 0 aliphatic rings. The molecule has 180 valence electrons. The van der Waals surface area contributed by atoms with Gasteiger partial charge in [0.15, 0.2) is 26.9 Å². The van der Waals surface area contributed by atoms with Crippen molar-refractivity contribution in [3.8, 4) is 22.6 Å². The number of fused-ring (bicyclic) bond motifs is 1. The monoisotopic (exact) mass is 504 g/mol. The Bertz CT molecular complexity index is 1500. The Balaban J connectivity index is 1.88. The Hall–Kier alpha value is -3.49. The molecule has 0 radical (unpaired) electrons. The van der Waals surface area contributed by atoms with E-state index in [1.807, 2.05) is 0 Å². The van der Waals surface area contributed by atoms with E-state index < -0.39 is 33.6 Å². The van der Waals surface area contributed by atoms with Crippen LogP contribution < -0.4 is 0 Å². The van der Waals surface area contributed by atoms with Crippen molar-refractivity contribution in [2.75, 3.05) is 5.75 Å². The highest BCUT2D eigenvalue weighted by atomic mass is 32.2. The van der Waals surface area contributed by atoms with E-state index in [9.17, 15) is 34.8 Å². The van der Waals surface area contributed by atoms with E-state index in [1.165, 1.54) is 26.2 Å². The van der Waals surface area contributed by atoms with Gasteiger partial charge in [0.05, 0.1) is 22.0 Å². The Morgan fingerprint density at radius 1 is 0.971 bits per heavy atom. The Labute approximate surface area is 187 Å². The molecule has 0 saturated heterocycles. The minimum absolute atomic E-state index is 0.0343. The normalized spacial score (nSPS) is 13.1. The van der Waals surface area contributed by atoms with Crippen LogP contribution in [0.1, 0.15) is 18.3 Å². The third-order valence-electron chi connectivity index (χ3n) is 4.89. The predicted molar refractivity (Wildman–Crippen MR) is 106 cm³/mol. The van der Waals surface area contributed by atoms with Crippen LogP contribution in [-0.2, 0) is 29.2 Å². The number of nitrogens with zero attached hydrogens (tertiary/aromatic N) is 6. The molecule has 4 heterocycles. The topological polar surface area (TPSA) is 95.0 Å². The molecule has 0 aromatic carbocycles. The number of alkyl halides is 6. The molecule has 4 rings (SSSR count). The highest BCUT2D eigenvalue weighted by molar-refractivity contribution is 7.91. The smallest absolute Gasteiger partial charge is 0.267 e. The number of aromatic nitrogens is 6. The molecular formula is C19H14F6N6O2S. The molecule has 34 heavy (non-hydrogen) atoms. The third kappa shape index (κ3) is 4.22. The van der Waals surface area contributed by atoms with Gasteiger partial charge in [0.1, 0.15) is 5.69 Å². The second-order valence-electron chi connectivity index (χ2n) is 7.15. The van der Waals surface area contributed by atoms with Crippen LogP contribution in [0.15, 0.2) is 41.6 Å². The van der Waals surface area contributed by atoms with E-state index >= 15 is 0 Å². The lowest BCUT2D eigenvalue weighted by Crippen LogP contribution is -2.08. The van der Waals surface area contributed by atoms with Crippen LogP contribution >= 0.6 is 0 Å². The van der Waals surface area contributed by atoms with E-state index in [1.54, 1.807) is 0 Å². The third-order valence-corrected chi connectivity index (χ3v) is 6.63. The van der Waals surface area contributed by atoms with Gasteiger partial charge in [0.2, 0.25) is 0 Å². The highest BCUT2D eigenvalue weighted by Gasteiger charge is 2.36. The number of pyridine rings is 1. The summed E-state index contributed by atoms with van der Waals surface area (Å²) >= 11 is 0. The van der Waals surface area contributed by atoms with Crippen molar-refractivity contribution < 1.29 is 34.8 Å². The maximum Gasteiger partial charge on any atom is 0.435 e. The van der Waals surface area contributed by atoms with Gasteiger partial charge in [-0.2, -0.15) is 36.5 Å². The highest BCUT2D eigenvalue weighted by Crippen LogP contribution is 2.34. The molecule has 4 aromatic rings. The van der Waals surface area contributed by atoms with Gasteiger partial charge in [-0.05, 0) is 18.2 Å². The van der Waals surface area contributed by atoms with Crippen LogP contribution in [0.3, 0.4) is 0 Å². The van der Waals surface area contributed by atoms with Crippen LogP contribution in [0.2, 0.25) is 0 Å². The van der Waals surface area contributed by atoms with Gasteiger partial charge in [0.25, 0.3) is 0 Å². The SMILES string of the molecule is CCS(=O)(=O)c1cc(-c2cc(C(F)(F)F)nn2C)cnc1-c1ccn2nc(C(F)(F)F)cc2n1. The maximum atomic E-state index is 13.0. The summed E-state index contributed by atoms with van der Waals surface area (Å²) in [5.74, 6) is -0.364. The van der Waals surface area contributed by atoms with Crippen molar-refractivity contribution in [1.82, 2.24) is 29.4 Å². The molecule has 8 nitrogen and oxygen atoms in total. The lowest BCUT2D eigenvalue weighted by atomic mass is 10.1. The molecule has 0 spiro atoms. The minimum Gasteiger partial charge on any atom is -0.267 e. The average molecular weight is 504 g/mol. The van der Waals surface area contributed by atoms with Crippen LogP contribution in [0.4, 0.5) is 26.3 Å². The largest absolute Gasteiger partial charge is 0.435 e. The Morgan fingerprint density at radius 3 is 2.21 bits per heavy atom. The fraction of sp³-hybridized carbons (Fsp3) is 0.263. The molecule has 0 saturated carbocycles. The summed E-state index contributed by atoms with van der Waals surface area (Å²) in [5, 5.41) is 6.79. The van der Waals surface area contributed by atoms with E-state index in [4.69, 9.17) is 0 Å². The second-order valence-corrected chi connectivity index (χ2v) is 9.40. The van der Waals surface area contributed by atoms with Gasteiger partial charge in [-0.1, -0.05) is 6.92 Å². The number of aryl methyl sites for hydroxylation is 1. The summed E-state index contributed by atoms with van der Waals surface area (Å²) < 4.78 is 105. The number of hydrogen-bond donors (Lipinski definition) is 0. The summed E-state index contributed by atoms with van der Waals surface area (Å²) in [4.78, 5) is 7.81. The maximum absolute atomic E-state index is 13.0. The standard InChI is InChI=1S/C19H14F6N6O2S/c1-3-34(32,33)13-6-10(12-7-14(18(20,21)22)28-30(12)2)9-26-17(13)11-4-5-31-16(27-11)8-15(29-31)19(23,24)25/h4-9H,3H2,1-2H3. The zero-order chi connectivity index (χ0) is 25.1. The Kier molecular flexibility index (Phi) is 5.42. The van der Waals surface area contributed by atoms with Crippen molar-refractivity contribution in [3.05, 3.63) is 48.0 Å². The molecule has 0 bridgehead atoms. The fourth-order valence-corrected chi connectivity index (χ4v) is 4.27. The van der Waals surface area contributed by atoms with Gasteiger partial charge >= 0.3 is 12.4 Å². The molecule has 0 atom stereocenters. The van der Waals surface area contributed by atoms with E-state index in [-0.39, 0.29) is 38.9 Å². The van der Waals surface area contributed by atoms with Crippen molar-refractivity contribution in [2.45, 2.75) is 24.2 Å². The van der Waals surface area contributed by atoms with Crippen LogP contribution in [0.5, 0.6) is 0 Å². The first-order valence-corrected chi connectivity index (χ1v) is 11.1. The van der Waals surface area contributed by atoms with Crippen LogP contribution in [-0.4, -0.2) is 43.5 Å². The van der Waals surface area contributed by atoms with Crippen molar-refractivity contribution in [3.63, 3.8) is 0 Å². The van der Waals surface area contributed by atoms with E-state index in [2.05, 4.69) is 20.2 Å². The molecule has 0 unspecified atom stereocenters. The quantitative estimate of drug-likeness (QED) is 0.390. The first-order chi connectivity index (χ1) is 15.7. The van der Waals surface area contributed by atoms with E-state index in [0.29, 0.717) is 6.07 Å². The van der Waals surface area contributed by atoms with Gasteiger partial charge in [0, 0.05) is 31.1 Å². The summed E-state index contributed by atoms with van der Waals surface area (Å²) in [7, 11) is -2.71. The van der Waals surface area contributed by atoms with Crippen molar-refractivity contribution in [1.29, 1.82) is 0 Å². The number of hydrogen-bond acceptors (Lipinski definition) is 6.